The van der Waals surface area contributed by atoms with E-state index in [4.69, 9.17) is 14.6 Å². The quantitative estimate of drug-likeness (QED) is 0.374. The summed E-state index contributed by atoms with van der Waals surface area (Å²) in [5, 5.41) is 10.7. The van der Waals surface area contributed by atoms with Gasteiger partial charge in [-0.05, 0) is 23.9 Å². The van der Waals surface area contributed by atoms with Gasteiger partial charge in [-0.25, -0.2) is 0 Å². The SMILES string of the molecule is COc1cc2sc(C(=O)CC(C)C(=O)O)cc2cc1OCCCBr. The molecule has 7 heteroatoms. The van der Waals surface area contributed by atoms with Gasteiger partial charge in [-0.15, -0.1) is 11.3 Å². The van der Waals surface area contributed by atoms with Gasteiger partial charge in [0.15, 0.2) is 17.3 Å². The monoisotopic (exact) mass is 414 g/mol. The second-order valence-electron chi connectivity index (χ2n) is 5.41. The summed E-state index contributed by atoms with van der Waals surface area (Å²) in [6, 6.07) is 5.49. The molecule has 0 spiro atoms. The van der Waals surface area contributed by atoms with Gasteiger partial charge >= 0.3 is 5.97 Å². The molecular weight excluding hydrogens is 396 g/mol. The number of ketones is 1. The number of carboxylic acids is 1. The molecule has 0 saturated carbocycles. The zero-order chi connectivity index (χ0) is 17.7. The van der Waals surface area contributed by atoms with Gasteiger partial charge in [0, 0.05) is 22.5 Å². The van der Waals surface area contributed by atoms with Gasteiger partial charge in [0.2, 0.25) is 0 Å². The third-order valence-electron chi connectivity index (χ3n) is 3.53. The minimum Gasteiger partial charge on any atom is -0.493 e. The first kappa shape index (κ1) is 18.7. The number of ether oxygens (including phenoxy) is 2. The molecule has 1 atom stereocenters. The molecule has 5 nitrogen and oxygen atoms in total. The fourth-order valence-electron chi connectivity index (χ4n) is 2.16. The molecule has 130 valence electrons. The van der Waals surface area contributed by atoms with Gasteiger partial charge in [0.1, 0.15) is 0 Å². The number of carbonyl (C=O) groups is 2. The fraction of sp³-hybridized carbons (Fsp3) is 0.412. The maximum atomic E-state index is 12.3. The second kappa shape index (κ2) is 8.48. The van der Waals surface area contributed by atoms with Crippen molar-refractivity contribution < 1.29 is 24.2 Å². The van der Waals surface area contributed by atoms with E-state index in [1.54, 1.807) is 13.2 Å². The number of Topliss-reactive ketones (excluding diaryl/α,β-unsaturated/α-hetero) is 1. The smallest absolute Gasteiger partial charge is 0.306 e. The lowest BCUT2D eigenvalue weighted by Gasteiger charge is -2.10. The Morgan fingerprint density at radius 2 is 2.04 bits per heavy atom. The molecular formula is C17H19BrO5S. The highest BCUT2D eigenvalue weighted by molar-refractivity contribution is 9.09. The van der Waals surface area contributed by atoms with Crippen molar-refractivity contribution in [2.45, 2.75) is 19.8 Å². The summed E-state index contributed by atoms with van der Waals surface area (Å²) >= 11 is 4.70. The Balaban J connectivity index is 2.26. The highest BCUT2D eigenvalue weighted by atomic mass is 79.9. The molecule has 1 aromatic carbocycles. The molecule has 1 N–H and O–H groups in total. The zero-order valence-electron chi connectivity index (χ0n) is 13.5. The number of carbonyl (C=O) groups excluding carboxylic acids is 1. The van der Waals surface area contributed by atoms with Crippen molar-refractivity contribution >= 4 is 49.1 Å². The van der Waals surface area contributed by atoms with Crippen LogP contribution in [-0.2, 0) is 4.79 Å². The Labute approximate surface area is 152 Å². The highest BCUT2D eigenvalue weighted by Gasteiger charge is 2.19. The molecule has 2 rings (SSSR count). The second-order valence-corrected chi connectivity index (χ2v) is 7.29. The van der Waals surface area contributed by atoms with Crippen LogP contribution in [0.1, 0.15) is 29.4 Å². The van der Waals surface area contributed by atoms with Crippen LogP contribution in [0.3, 0.4) is 0 Å². The molecule has 1 unspecified atom stereocenters. The number of fused-ring (bicyclic) bond motifs is 1. The Bertz CT molecular complexity index is 740. The molecule has 0 saturated heterocycles. The van der Waals surface area contributed by atoms with Crippen molar-refractivity contribution in [3.63, 3.8) is 0 Å². The largest absolute Gasteiger partial charge is 0.493 e. The van der Waals surface area contributed by atoms with Crippen LogP contribution in [0.4, 0.5) is 0 Å². The average Bonchev–Trinajstić information content (AvgIpc) is 2.97. The molecule has 0 radical (unpaired) electrons. The first-order valence-electron chi connectivity index (χ1n) is 7.52. The van der Waals surface area contributed by atoms with Crippen molar-refractivity contribution in [3.05, 3.63) is 23.1 Å². The number of carboxylic acid groups (broad SMARTS) is 1. The summed E-state index contributed by atoms with van der Waals surface area (Å²) in [4.78, 5) is 23.7. The van der Waals surface area contributed by atoms with E-state index in [1.807, 2.05) is 12.1 Å². The summed E-state index contributed by atoms with van der Waals surface area (Å²) in [7, 11) is 1.58. The van der Waals surface area contributed by atoms with E-state index < -0.39 is 11.9 Å². The number of halogens is 1. The van der Waals surface area contributed by atoms with Crippen LogP contribution in [0.25, 0.3) is 10.1 Å². The van der Waals surface area contributed by atoms with Gasteiger partial charge in [0.25, 0.3) is 0 Å². The van der Waals surface area contributed by atoms with Gasteiger partial charge in [-0.3, -0.25) is 9.59 Å². The predicted octanol–water partition coefficient (Wildman–Crippen LogP) is 4.37. The van der Waals surface area contributed by atoms with Crippen LogP contribution in [0.15, 0.2) is 18.2 Å². The van der Waals surface area contributed by atoms with Crippen LogP contribution < -0.4 is 9.47 Å². The Hall–Kier alpha value is -1.60. The zero-order valence-corrected chi connectivity index (χ0v) is 15.9. The van der Waals surface area contributed by atoms with Crippen LogP contribution in [0.5, 0.6) is 11.5 Å². The summed E-state index contributed by atoms with van der Waals surface area (Å²) in [5.74, 6) is -0.556. The van der Waals surface area contributed by atoms with E-state index in [0.29, 0.717) is 23.0 Å². The van der Waals surface area contributed by atoms with E-state index in [9.17, 15) is 9.59 Å². The molecule has 0 fully saturated rings. The minimum absolute atomic E-state index is 0.00605. The number of hydrogen-bond acceptors (Lipinski definition) is 5. The fourth-order valence-corrected chi connectivity index (χ4v) is 3.41. The van der Waals surface area contributed by atoms with Crippen LogP contribution in [0, 0.1) is 5.92 Å². The number of rotatable bonds is 9. The van der Waals surface area contributed by atoms with E-state index >= 15 is 0 Å². The lowest BCUT2D eigenvalue weighted by atomic mass is 10.0. The first-order valence-corrected chi connectivity index (χ1v) is 9.46. The highest BCUT2D eigenvalue weighted by Crippen LogP contribution is 2.37. The molecule has 0 bridgehead atoms. The van der Waals surface area contributed by atoms with Gasteiger partial charge in [-0.1, -0.05) is 22.9 Å². The Kier molecular flexibility index (Phi) is 6.62. The van der Waals surface area contributed by atoms with Crippen molar-refractivity contribution in [1.29, 1.82) is 0 Å². The molecule has 0 amide bonds. The van der Waals surface area contributed by atoms with E-state index in [-0.39, 0.29) is 12.2 Å². The minimum atomic E-state index is -0.964. The van der Waals surface area contributed by atoms with E-state index in [1.165, 1.54) is 18.3 Å². The number of alkyl halides is 1. The molecule has 1 heterocycles. The number of benzene rings is 1. The third-order valence-corrected chi connectivity index (χ3v) is 5.23. The maximum Gasteiger partial charge on any atom is 0.306 e. The summed E-state index contributed by atoms with van der Waals surface area (Å²) in [6.45, 7) is 2.10. The summed E-state index contributed by atoms with van der Waals surface area (Å²) in [6.07, 6.45) is 0.871. The summed E-state index contributed by atoms with van der Waals surface area (Å²) in [5.41, 5.74) is 0. The Morgan fingerprint density at radius 1 is 1.29 bits per heavy atom. The summed E-state index contributed by atoms with van der Waals surface area (Å²) < 4.78 is 12.0. The van der Waals surface area contributed by atoms with Gasteiger partial charge < -0.3 is 14.6 Å². The first-order chi connectivity index (χ1) is 11.5. The van der Waals surface area contributed by atoms with Crippen molar-refractivity contribution in [2.75, 3.05) is 19.0 Å². The lowest BCUT2D eigenvalue weighted by molar-refractivity contribution is -0.141. The van der Waals surface area contributed by atoms with Gasteiger partial charge in [0.05, 0.1) is 24.5 Å². The van der Waals surface area contributed by atoms with Crippen molar-refractivity contribution in [1.82, 2.24) is 0 Å². The number of aliphatic carboxylic acids is 1. The van der Waals surface area contributed by atoms with Crippen LogP contribution in [-0.4, -0.2) is 35.9 Å². The molecule has 0 aliphatic carbocycles. The molecule has 0 aliphatic rings. The van der Waals surface area contributed by atoms with Crippen molar-refractivity contribution in [2.24, 2.45) is 5.92 Å². The molecule has 2 aromatic rings. The maximum absolute atomic E-state index is 12.3. The van der Waals surface area contributed by atoms with Gasteiger partial charge in [-0.2, -0.15) is 0 Å². The molecule has 1 aromatic heterocycles. The number of hydrogen-bond donors (Lipinski definition) is 1. The van der Waals surface area contributed by atoms with E-state index in [2.05, 4.69) is 15.9 Å². The lowest BCUT2D eigenvalue weighted by Crippen LogP contribution is -2.13. The molecule has 0 aliphatic heterocycles. The van der Waals surface area contributed by atoms with Crippen LogP contribution >= 0.6 is 27.3 Å². The van der Waals surface area contributed by atoms with E-state index in [0.717, 1.165) is 21.8 Å². The number of thiophene rings is 1. The van der Waals surface area contributed by atoms with Crippen LogP contribution in [0.2, 0.25) is 0 Å². The third kappa shape index (κ3) is 4.48. The average molecular weight is 415 g/mol. The normalized spacial score (nSPS) is 12.1. The predicted molar refractivity (Wildman–Crippen MR) is 98.0 cm³/mol. The Morgan fingerprint density at radius 3 is 2.67 bits per heavy atom. The standard InChI is InChI=1S/C17H19BrO5S/c1-10(17(20)21)6-12(19)16-8-11-7-14(23-5-3-4-18)13(22-2)9-15(11)24-16/h7-10H,3-6H2,1-2H3,(H,20,21). The topological polar surface area (TPSA) is 72.8 Å². The molecule has 24 heavy (non-hydrogen) atoms. The van der Waals surface area contributed by atoms with Crippen molar-refractivity contribution in [3.8, 4) is 11.5 Å². The number of methoxy groups -OCH3 is 1.